The Morgan fingerprint density at radius 2 is 2.12 bits per heavy atom. The number of hydrogen-bond acceptors (Lipinski definition) is 7. The molecule has 0 bridgehead atoms. The van der Waals surface area contributed by atoms with Crippen molar-refractivity contribution in [2.24, 2.45) is 0 Å². The minimum Gasteiger partial charge on any atom is -0.452 e. The number of ether oxygens (including phenoxy) is 1. The van der Waals surface area contributed by atoms with E-state index in [1.54, 1.807) is 19.0 Å². The number of urea groups is 1. The third kappa shape index (κ3) is 3.59. The van der Waals surface area contributed by atoms with Gasteiger partial charge in [0.25, 0.3) is 11.6 Å². The maximum atomic E-state index is 12.0. The minimum absolute atomic E-state index is 0.0500. The van der Waals surface area contributed by atoms with Gasteiger partial charge in [-0.1, -0.05) is 0 Å². The summed E-state index contributed by atoms with van der Waals surface area (Å²) in [5.41, 5.74) is 0.0343. The second-order valence-electron chi connectivity index (χ2n) is 5.21. The van der Waals surface area contributed by atoms with Crippen molar-refractivity contribution in [1.29, 1.82) is 0 Å². The lowest BCUT2D eigenvalue weighted by molar-refractivity contribution is -0.384. The molecule has 128 valence electrons. The minimum atomic E-state index is -0.878. The van der Waals surface area contributed by atoms with Gasteiger partial charge >= 0.3 is 12.0 Å². The summed E-state index contributed by atoms with van der Waals surface area (Å²) in [4.78, 5) is 48.1. The zero-order chi connectivity index (χ0) is 17.9. The number of anilines is 1. The van der Waals surface area contributed by atoms with E-state index in [1.807, 2.05) is 0 Å². The standard InChI is InChI=1S/C14H16N4O6/c1-16(2)10-4-3-9(7-11(10)18(22)23)13(20)24-8-12(19)17-6-5-15-14(17)21/h3-4,7H,5-6,8H2,1-2H3,(H,15,21). The van der Waals surface area contributed by atoms with Crippen LogP contribution in [-0.2, 0) is 9.53 Å². The number of benzene rings is 1. The molecule has 24 heavy (non-hydrogen) atoms. The summed E-state index contributed by atoms with van der Waals surface area (Å²) in [6, 6.07) is 3.34. The van der Waals surface area contributed by atoms with Crippen LogP contribution in [0.25, 0.3) is 0 Å². The normalized spacial score (nSPS) is 13.4. The van der Waals surface area contributed by atoms with Gasteiger partial charge in [-0.3, -0.25) is 19.8 Å². The number of nitrogens with one attached hydrogen (secondary N) is 1. The molecule has 1 aliphatic rings. The van der Waals surface area contributed by atoms with Gasteiger partial charge in [0.1, 0.15) is 5.69 Å². The first-order valence-corrected chi connectivity index (χ1v) is 7.02. The highest BCUT2D eigenvalue weighted by molar-refractivity contribution is 5.98. The van der Waals surface area contributed by atoms with E-state index in [-0.39, 0.29) is 17.8 Å². The largest absolute Gasteiger partial charge is 0.452 e. The van der Waals surface area contributed by atoms with Gasteiger partial charge in [0.2, 0.25) is 0 Å². The van der Waals surface area contributed by atoms with Crippen LogP contribution < -0.4 is 10.2 Å². The predicted molar refractivity (Wildman–Crippen MR) is 82.8 cm³/mol. The Kier molecular flexibility index (Phi) is 4.97. The summed E-state index contributed by atoms with van der Waals surface area (Å²) in [5.74, 6) is -1.53. The SMILES string of the molecule is CN(C)c1ccc(C(=O)OCC(=O)N2CCNC2=O)cc1[N+](=O)[O-]. The zero-order valence-corrected chi connectivity index (χ0v) is 13.1. The van der Waals surface area contributed by atoms with E-state index in [1.165, 1.54) is 12.1 Å². The zero-order valence-electron chi connectivity index (χ0n) is 13.1. The molecule has 1 heterocycles. The van der Waals surface area contributed by atoms with Crippen LogP contribution in [0, 0.1) is 10.1 Å². The number of imide groups is 1. The molecule has 0 saturated carbocycles. The predicted octanol–water partition coefficient (Wildman–Crippen LogP) is 0.369. The molecule has 1 aromatic carbocycles. The lowest BCUT2D eigenvalue weighted by Gasteiger charge is -2.14. The fraction of sp³-hybridized carbons (Fsp3) is 0.357. The first kappa shape index (κ1) is 17.2. The highest BCUT2D eigenvalue weighted by Gasteiger charge is 2.27. The van der Waals surface area contributed by atoms with Crippen LogP contribution >= 0.6 is 0 Å². The van der Waals surface area contributed by atoms with Gasteiger partial charge in [-0.05, 0) is 12.1 Å². The number of nitro benzene ring substituents is 1. The van der Waals surface area contributed by atoms with E-state index in [9.17, 15) is 24.5 Å². The monoisotopic (exact) mass is 336 g/mol. The fourth-order valence-corrected chi connectivity index (χ4v) is 2.17. The molecule has 1 aliphatic heterocycles. The number of esters is 1. The Balaban J connectivity index is 2.07. The quantitative estimate of drug-likeness (QED) is 0.468. The Morgan fingerprint density at radius 1 is 1.42 bits per heavy atom. The number of carbonyl (C=O) groups is 3. The van der Waals surface area contributed by atoms with Crippen molar-refractivity contribution in [1.82, 2.24) is 10.2 Å². The van der Waals surface area contributed by atoms with Gasteiger partial charge in [-0.15, -0.1) is 0 Å². The Hall–Kier alpha value is -3.17. The van der Waals surface area contributed by atoms with Crippen molar-refractivity contribution >= 4 is 29.3 Å². The molecule has 1 saturated heterocycles. The van der Waals surface area contributed by atoms with Gasteiger partial charge in [-0.2, -0.15) is 0 Å². The molecular formula is C14H16N4O6. The molecule has 0 aliphatic carbocycles. The number of amides is 3. The summed E-state index contributed by atoms with van der Waals surface area (Å²) in [6.45, 7) is -0.0651. The summed E-state index contributed by atoms with van der Waals surface area (Å²) >= 11 is 0. The number of nitro groups is 1. The smallest absolute Gasteiger partial charge is 0.338 e. The molecule has 0 atom stereocenters. The Labute approximate surface area is 137 Å². The number of carbonyl (C=O) groups excluding carboxylic acids is 3. The van der Waals surface area contributed by atoms with E-state index in [2.05, 4.69) is 5.32 Å². The molecule has 0 unspecified atom stereocenters. The van der Waals surface area contributed by atoms with Crippen molar-refractivity contribution in [2.45, 2.75) is 0 Å². The maximum Gasteiger partial charge on any atom is 0.338 e. The van der Waals surface area contributed by atoms with Crippen LogP contribution in [-0.4, -0.2) is 61.5 Å². The van der Waals surface area contributed by atoms with Crippen molar-refractivity contribution in [3.8, 4) is 0 Å². The van der Waals surface area contributed by atoms with Gasteiger partial charge in [0.15, 0.2) is 6.61 Å². The van der Waals surface area contributed by atoms with Crippen LogP contribution in [0.4, 0.5) is 16.2 Å². The van der Waals surface area contributed by atoms with Crippen molar-refractivity contribution in [2.75, 3.05) is 38.7 Å². The second-order valence-corrected chi connectivity index (χ2v) is 5.21. The lowest BCUT2D eigenvalue weighted by Crippen LogP contribution is -2.37. The van der Waals surface area contributed by atoms with Gasteiger partial charge in [0, 0.05) is 33.3 Å². The molecule has 1 aromatic rings. The summed E-state index contributed by atoms with van der Waals surface area (Å²) in [7, 11) is 3.28. The third-order valence-corrected chi connectivity index (χ3v) is 3.37. The van der Waals surface area contributed by atoms with Crippen LogP contribution in [0.15, 0.2) is 18.2 Å². The van der Waals surface area contributed by atoms with E-state index < -0.39 is 29.4 Å². The molecule has 0 aromatic heterocycles. The molecule has 10 nitrogen and oxygen atoms in total. The summed E-state index contributed by atoms with van der Waals surface area (Å²) < 4.78 is 4.84. The average Bonchev–Trinajstić information content (AvgIpc) is 2.97. The molecule has 3 amide bonds. The van der Waals surface area contributed by atoms with E-state index in [4.69, 9.17) is 4.74 Å². The molecule has 2 rings (SSSR count). The first-order valence-electron chi connectivity index (χ1n) is 7.02. The molecule has 1 fully saturated rings. The molecule has 1 N–H and O–H groups in total. The number of hydrogen-bond donors (Lipinski definition) is 1. The van der Waals surface area contributed by atoms with Gasteiger partial charge in [-0.25, -0.2) is 9.59 Å². The lowest BCUT2D eigenvalue weighted by atomic mass is 10.1. The maximum absolute atomic E-state index is 12.0. The van der Waals surface area contributed by atoms with Crippen LogP contribution in [0.2, 0.25) is 0 Å². The van der Waals surface area contributed by atoms with Crippen molar-refractivity contribution in [3.05, 3.63) is 33.9 Å². The molecule has 0 radical (unpaired) electrons. The molecular weight excluding hydrogens is 320 g/mol. The third-order valence-electron chi connectivity index (χ3n) is 3.37. The van der Waals surface area contributed by atoms with E-state index >= 15 is 0 Å². The van der Waals surface area contributed by atoms with Crippen molar-refractivity contribution in [3.63, 3.8) is 0 Å². The Bertz CT molecular complexity index is 703. The summed E-state index contributed by atoms with van der Waals surface area (Å²) in [5, 5.41) is 13.6. The van der Waals surface area contributed by atoms with E-state index in [0.717, 1.165) is 11.0 Å². The van der Waals surface area contributed by atoms with E-state index in [0.29, 0.717) is 12.2 Å². The van der Waals surface area contributed by atoms with Crippen LogP contribution in [0.5, 0.6) is 0 Å². The molecule has 0 spiro atoms. The average molecular weight is 336 g/mol. The summed E-state index contributed by atoms with van der Waals surface area (Å²) in [6.07, 6.45) is 0. The van der Waals surface area contributed by atoms with Crippen molar-refractivity contribution < 1.29 is 24.0 Å². The topological polar surface area (TPSA) is 122 Å². The second kappa shape index (κ2) is 6.94. The number of rotatable bonds is 5. The molecule has 10 heteroatoms. The fourth-order valence-electron chi connectivity index (χ4n) is 2.17. The van der Waals surface area contributed by atoms with Crippen LogP contribution in [0.3, 0.4) is 0 Å². The highest BCUT2D eigenvalue weighted by Crippen LogP contribution is 2.27. The Morgan fingerprint density at radius 3 is 2.67 bits per heavy atom. The first-order chi connectivity index (χ1) is 11.3. The number of nitrogens with zero attached hydrogens (tertiary/aromatic N) is 3. The highest BCUT2D eigenvalue weighted by atomic mass is 16.6. The van der Waals surface area contributed by atoms with Crippen LogP contribution in [0.1, 0.15) is 10.4 Å². The van der Waals surface area contributed by atoms with Gasteiger partial charge < -0.3 is 15.0 Å². The van der Waals surface area contributed by atoms with Gasteiger partial charge in [0.05, 0.1) is 10.5 Å².